The van der Waals surface area contributed by atoms with Gasteiger partial charge in [-0.3, -0.25) is 9.59 Å². The van der Waals surface area contributed by atoms with Gasteiger partial charge in [-0.05, 0) is 55.7 Å². The SMILES string of the molecule is Cc1cccc(CN(C(=O)CCc2ccc(C(C)C)cc2)C(C)C(=O)NC2CCCCC2)c1. The Morgan fingerprint density at radius 2 is 1.67 bits per heavy atom. The molecule has 2 aromatic rings. The monoisotopic (exact) mass is 448 g/mol. The maximum absolute atomic E-state index is 13.4. The lowest BCUT2D eigenvalue weighted by atomic mass is 9.95. The van der Waals surface area contributed by atoms with Gasteiger partial charge in [0, 0.05) is 19.0 Å². The molecule has 2 amide bonds. The molecule has 0 radical (unpaired) electrons. The van der Waals surface area contributed by atoms with Gasteiger partial charge in [0.1, 0.15) is 6.04 Å². The van der Waals surface area contributed by atoms with Crippen molar-refractivity contribution in [3.63, 3.8) is 0 Å². The molecule has 0 spiro atoms. The Labute approximate surface area is 199 Å². The van der Waals surface area contributed by atoms with Crippen molar-refractivity contribution in [2.45, 2.75) is 97.2 Å². The molecule has 1 saturated carbocycles. The average molecular weight is 449 g/mol. The van der Waals surface area contributed by atoms with Crippen molar-refractivity contribution in [3.05, 3.63) is 70.8 Å². The average Bonchev–Trinajstić information content (AvgIpc) is 2.81. The Bertz CT molecular complexity index is 913. The van der Waals surface area contributed by atoms with E-state index in [-0.39, 0.29) is 17.9 Å². The molecule has 0 heterocycles. The van der Waals surface area contributed by atoms with Gasteiger partial charge in [-0.1, -0.05) is 87.2 Å². The summed E-state index contributed by atoms with van der Waals surface area (Å²) in [6, 6.07) is 16.5. The molecule has 4 heteroatoms. The molecule has 1 aliphatic carbocycles. The van der Waals surface area contributed by atoms with Crippen LogP contribution in [-0.2, 0) is 22.6 Å². The number of carbonyl (C=O) groups is 2. The molecule has 1 N–H and O–H groups in total. The number of hydrogen-bond donors (Lipinski definition) is 1. The van der Waals surface area contributed by atoms with Gasteiger partial charge >= 0.3 is 0 Å². The number of nitrogens with one attached hydrogen (secondary N) is 1. The Balaban J connectivity index is 1.69. The lowest BCUT2D eigenvalue weighted by molar-refractivity contribution is -0.141. The molecule has 4 nitrogen and oxygen atoms in total. The van der Waals surface area contributed by atoms with Crippen molar-refractivity contribution in [2.24, 2.45) is 0 Å². The molecule has 2 aromatic carbocycles. The van der Waals surface area contributed by atoms with E-state index < -0.39 is 6.04 Å². The number of benzene rings is 2. The lowest BCUT2D eigenvalue weighted by Crippen LogP contribution is -2.50. The van der Waals surface area contributed by atoms with Gasteiger partial charge in [-0.2, -0.15) is 0 Å². The van der Waals surface area contributed by atoms with Gasteiger partial charge in [-0.25, -0.2) is 0 Å². The summed E-state index contributed by atoms with van der Waals surface area (Å²) in [6.45, 7) is 8.73. The highest BCUT2D eigenvalue weighted by Gasteiger charge is 2.28. The minimum atomic E-state index is -0.497. The predicted molar refractivity (Wildman–Crippen MR) is 135 cm³/mol. The summed E-state index contributed by atoms with van der Waals surface area (Å²) in [7, 11) is 0. The summed E-state index contributed by atoms with van der Waals surface area (Å²) < 4.78 is 0. The van der Waals surface area contributed by atoms with Gasteiger partial charge in [0.15, 0.2) is 0 Å². The number of aryl methyl sites for hydroxylation is 2. The van der Waals surface area contributed by atoms with E-state index in [4.69, 9.17) is 0 Å². The standard InChI is InChI=1S/C29H40N2O2/c1-21(2)26-16-13-24(14-17-26)15-18-28(32)31(20-25-10-8-9-22(3)19-25)23(4)29(33)30-27-11-6-5-7-12-27/h8-10,13-14,16-17,19,21,23,27H,5-7,11-12,15,18,20H2,1-4H3,(H,30,33). The third-order valence-electron chi connectivity index (χ3n) is 6.83. The summed E-state index contributed by atoms with van der Waals surface area (Å²) in [5.41, 5.74) is 4.67. The molecular formula is C29H40N2O2. The highest BCUT2D eigenvalue weighted by Crippen LogP contribution is 2.20. The number of rotatable bonds is 9. The zero-order chi connectivity index (χ0) is 23.8. The van der Waals surface area contributed by atoms with E-state index in [0.29, 0.717) is 25.3 Å². The molecule has 0 aliphatic heterocycles. The molecule has 3 rings (SSSR count). The third kappa shape index (κ3) is 7.45. The van der Waals surface area contributed by atoms with E-state index in [1.54, 1.807) is 4.90 Å². The van der Waals surface area contributed by atoms with Crippen LogP contribution in [0, 0.1) is 6.92 Å². The minimum absolute atomic E-state index is 0.0238. The Morgan fingerprint density at radius 1 is 0.970 bits per heavy atom. The van der Waals surface area contributed by atoms with Crippen LogP contribution in [0.1, 0.15) is 87.5 Å². The van der Waals surface area contributed by atoms with Crippen LogP contribution in [0.2, 0.25) is 0 Å². The van der Waals surface area contributed by atoms with Crippen LogP contribution in [0.3, 0.4) is 0 Å². The van der Waals surface area contributed by atoms with E-state index in [1.165, 1.54) is 24.8 Å². The molecule has 178 valence electrons. The predicted octanol–water partition coefficient (Wildman–Crippen LogP) is 5.92. The van der Waals surface area contributed by atoms with Crippen molar-refractivity contribution in [1.82, 2.24) is 10.2 Å². The molecule has 0 saturated heterocycles. The Hall–Kier alpha value is -2.62. The molecule has 1 fully saturated rings. The molecule has 1 unspecified atom stereocenters. The summed E-state index contributed by atoms with van der Waals surface area (Å²) in [4.78, 5) is 28.2. The summed E-state index contributed by atoms with van der Waals surface area (Å²) >= 11 is 0. The van der Waals surface area contributed by atoms with Crippen LogP contribution < -0.4 is 5.32 Å². The third-order valence-corrected chi connectivity index (χ3v) is 6.83. The van der Waals surface area contributed by atoms with E-state index >= 15 is 0 Å². The molecule has 33 heavy (non-hydrogen) atoms. The van der Waals surface area contributed by atoms with E-state index in [9.17, 15) is 9.59 Å². The molecule has 1 atom stereocenters. The molecule has 0 bridgehead atoms. The van der Waals surface area contributed by atoms with Gasteiger partial charge in [0.05, 0.1) is 0 Å². The van der Waals surface area contributed by atoms with Crippen molar-refractivity contribution in [2.75, 3.05) is 0 Å². The van der Waals surface area contributed by atoms with Crippen LogP contribution in [0.15, 0.2) is 48.5 Å². The molecule has 0 aromatic heterocycles. The zero-order valence-corrected chi connectivity index (χ0v) is 20.8. The number of amides is 2. The van der Waals surface area contributed by atoms with E-state index in [1.807, 2.05) is 19.1 Å². The summed E-state index contributed by atoms with van der Waals surface area (Å²) in [5, 5.41) is 3.21. The normalized spacial score (nSPS) is 15.3. The van der Waals surface area contributed by atoms with Crippen LogP contribution in [0.5, 0.6) is 0 Å². The summed E-state index contributed by atoms with van der Waals surface area (Å²) in [6.07, 6.45) is 6.74. The minimum Gasteiger partial charge on any atom is -0.352 e. The Kier molecular flexibility index (Phi) is 9.11. The largest absolute Gasteiger partial charge is 0.352 e. The van der Waals surface area contributed by atoms with Gasteiger partial charge in [0.25, 0.3) is 0 Å². The summed E-state index contributed by atoms with van der Waals surface area (Å²) in [5.74, 6) is 0.481. The quantitative estimate of drug-likeness (QED) is 0.518. The Morgan fingerprint density at radius 3 is 2.30 bits per heavy atom. The fraction of sp³-hybridized carbons (Fsp3) is 0.517. The number of carbonyl (C=O) groups excluding carboxylic acids is 2. The highest BCUT2D eigenvalue weighted by atomic mass is 16.2. The van der Waals surface area contributed by atoms with Gasteiger partial charge in [0.2, 0.25) is 11.8 Å². The second-order valence-corrected chi connectivity index (χ2v) is 9.93. The van der Waals surface area contributed by atoms with Gasteiger partial charge < -0.3 is 10.2 Å². The van der Waals surface area contributed by atoms with Crippen molar-refractivity contribution < 1.29 is 9.59 Å². The van der Waals surface area contributed by atoms with Crippen molar-refractivity contribution in [1.29, 1.82) is 0 Å². The highest BCUT2D eigenvalue weighted by molar-refractivity contribution is 5.87. The first kappa shape index (κ1) is 25.0. The van der Waals surface area contributed by atoms with E-state index in [0.717, 1.165) is 29.5 Å². The van der Waals surface area contributed by atoms with Crippen molar-refractivity contribution >= 4 is 11.8 Å². The van der Waals surface area contributed by atoms with Crippen LogP contribution in [0.4, 0.5) is 0 Å². The lowest BCUT2D eigenvalue weighted by Gasteiger charge is -2.31. The van der Waals surface area contributed by atoms with Crippen LogP contribution in [-0.4, -0.2) is 28.8 Å². The van der Waals surface area contributed by atoms with Crippen LogP contribution >= 0.6 is 0 Å². The maximum atomic E-state index is 13.4. The van der Waals surface area contributed by atoms with Crippen molar-refractivity contribution in [3.8, 4) is 0 Å². The van der Waals surface area contributed by atoms with E-state index in [2.05, 4.69) is 62.5 Å². The topological polar surface area (TPSA) is 49.4 Å². The molecule has 1 aliphatic rings. The first-order valence-corrected chi connectivity index (χ1v) is 12.6. The second-order valence-electron chi connectivity index (χ2n) is 9.93. The zero-order valence-electron chi connectivity index (χ0n) is 20.8. The fourth-order valence-electron chi connectivity index (χ4n) is 4.62. The van der Waals surface area contributed by atoms with Crippen LogP contribution in [0.25, 0.3) is 0 Å². The number of hydrogen-bond acceptors (Lipinski definition) is 2. The second kappa shape index (κ2) is 12.0. The first-order chi connectivity index (χ1) is 15.8. The van der Waals surface area contributed by atoms with Gasteiger partial charge in [-0.15, -0.1) is 0 Å². The smallest absolute Gasteiger partial charge is 0.242 e. The first-order valence-electron chi connectivity index (χ1n) is 12.6. The molecular weight excluding hydrogens is 408 g/mol. The maximum Gasteiger partial charge on any atom is 0.242 e. The number of nitrogens with zero attached hydrogens (tertiary/aromatic N) is 1. The fourth-order valence-corrected chi connectivity index (χ4v) is 4.62.